The zero-order chi connectivity index (χ0) is 12.8. The topological polar surface area (TPSA) is 111 Å². The maximum atomic E-state index is 9.69. The average molecular weight is 251 g/mol. The molecule has 0 bridgehead atoms. The van der Waals surface area contributed by atoms with Crippen molar-refractivity contribution in [3.05, 3.63) is 0 Å². The maximum absolute atomic E-state index is 9.69. The van der Waals surface area contributed by atoms with Crippen LogP contribution >= 0.6 is 0 Å². The molecule has 0 spiro atoms. The highest BCUT2D eigenvalue weighted by molar-refractivity contribution is 4.84. The predicted octanol–water partition coefficient (Wildman–Crippen LogP) is -2.59. The van der Waals surface area contributed by atoms with Gasteiger partial charge in [-0.2, -0.15) is 0 Å². The van der Waals surface area contributed by atoms with Crippen molar-refractivity contribution in [2.75, 3.05) is 26.8 Å². The summed E-state index contributed by atoms with van der Waals surface area (Å²) in [7, 11) is 1.47. The first kappa shape index (κ1) is 14.8. The summed E-state index contributed by atoms with van der Waals surface area (Å²) in [5.74, 6) is 0. The van der Waals surface area contributed by atoms with E-state index in [0.717, 1.165) is 0 Å². The van der Waals surface area contributed by atoms with Crippen LogP contribution in [-0.2, 0) is 9.47 Å². The lowest BCUT2D eigenvalue weighted by Crippen LogP contribution is -2.53. The van der Waals surface area contributed by atoms with Crippen LogP contribution in [0.15, 0.2) is 0 Å². The summed E-state index contributed by atoms with van der Waals surface area (Å²) in [6.45, 7) is 0.121. The van der Waals surface area contributed by atoms with Gasteiger partial charge in [-0.25, -0.2) is 0 Å². The van der Waals surface area contributed by atoms with Gasteiger partial charge in [0.25, 0.3) is 0 Å². The van der Waals surface area contributed by atoms with E-state index in [-0.39, 0.29) is 26.1 Å². The Labute approximate surface area is 100.0 Å². The third-order valence-corrected chi connectivity index (χ3v) is 2.73. The fourth-order valence-electron chi connectivity index (χ4n) is 1.69. The van der Waals surface area contributed by atoms with E-state index in [4.69, 9.17) is 19.7 Å². The molecule has 17 heavy (non-hydrogen) atoms. The predicted molar refractivity (Wildman–Crippen MR) is 58.3 cm³/mol. The number of rotatable bonds is 6. The van der Waals surface area contributed by atoms with Gasteiger partial charge in [0, 0.05) is 26.6 Å². The van der Waals surface area contributed by atoms with Crippen LogP contribution in [0.3, 0.4) is 0 Å². The molecule has 0 saturated carbocycles. The zero-order valence-corrected chi connectivity index (χ0v) is 9.82. The highest BCUT2D eigenvalue weighted by Crippen LogP contribution is 2.20. The number of methoxy groups -OCH3 is 1. The van der Waals surface area contributed by atoms with E-state index in [1.807, 2.05) is 0 Å². The van der Waals surface area contributed by atoms with Crippen molar-refractivity contribution in [3.63, 3.8) is 0 Å². The Balaban J connectivity index is 2.34. The lowest BCUT2D eigenvalue weighted by atomic mass is 10.0. The number of ether oxygens (including phenoxy) is 2. The van der Waals surface area contributed by atoms with E-state index in [0.29, 0.717) is 0 Å². The van der Waals surface area contributed by atoms with Crippen LogP contribution < -0.4 is 5.32 Å². The minimum atomic E-state index is -0.986. The summed E-state index contributed by atoms with van der Waals surface area (Å²) in [4.78, 5) is 0. The molecule has 1 heterocycles. The van der Waals surface area contributed by atoms with Gasteiger partial charge in [-0.05, 0) is 0 Å². The van der Waals surface area contributed by atoms with Crippen molar-refractivity contribution in [2.24, 2.45) is 0 Å². The van der Waals surface area contributed by atoms with Gasteiger partial charge in [0.1, 0.15) is 12.2 Å². The first-order chi connectivity index (χ1) is 8.08. The van der Waals surface area contributed by atoms with E-state index >= 15 is 0 Å². The standard InChI is InChI=1S/C10H21NO6/c1-16-9-2-7(14)10(15)8(17-9)4-11-3-6(13)5-12/h6-15H,2-5H2,1H3/t6?,7?,8?,9-,10-/m0/s1. The molecule has 1 aliphatic rings. The lowest BCUT2D eigenvalue weighted by molar-refractivity contribution is -0.240. The summed E-state index contributed by atoms with van der Waals surface area (Å²) < 4.78 is 10.4. The molecule has 7 nitrogen and oxygen atoms in total. The molecule has 1 fully saturated rings. The SMILES string of the molecule is CO[C@@H]1CC(O)[C@H](O)C(CNCC(O)CO)O1. The molecule has 0 aliphatic carbocycles. The van der Waals surface area contributed by atoms with Crippen LogP contribution in [0.5, 0.6) is 0 Å². The van der Waals surface area contributed by atoms with Gasteiger partial charge < -0.3 is 35.2 Å². The minimum Gasteiger partial charge on any atom is -0.394 e. The van der Waals surface area contributed by atoms with Crippen LogP contribution in [0.4, 0.5) is 0 Å². The van der Waals surface area contributed by atoms with Gasteiger partial charge in [-0.15, -0.1) is 0 Å². The van der Waals surface area contributed by atoms with Gasteiger partial charge in [0.05, 0.1) is 18.8 Å². The Morgan fingerprint density at radius 2 is 2.18 bits per heavy atom. The van der Waals surface area contributed by atoms with E-state index in [1.165, 1.54) is 7.11 Å². The second-order valence-corrected chi connectivity index (χ2v) is 4.13. The number of aliphatic hydroxyl groups is 4. The number of nitrogens with one attached hydrogen (secondary N) is 1. The molecule has 1 rings (SSSR count). The van der Waals surface area contributed by atoms with Crippen molar-refractivity contribution < 1.29 is 29.9 Å². The third-order valence-electron chi connectivity index (χ3n) is 2.73. The molecule has 7 heteroatoms. The van der Waals surface area contributed by atoms with Crippen LogP contribution in [0.25, 0.3) is 0 Å². The van der Waals surface area contributed by atoms with Crippen LogP contribution in [0, 0.1) is 0 Å². The lowest BCUT2D eigenvalue weighted by Gasteiger charge is -2.36. The average Bonchev–Trinajstić information content (AvgIpc) is 2.33. The molecular weight excluding hydrogens is 230 g/mol. The second-order valence-electron chi connectivity index (χ2n) is 4.13. The van der Waals surface area contributed by atoms with Crippen molar-refractivity contribution in [1.82, 2.24) is 5.32 Å². The molecule has 1 aliphatic heterocycles. The van der Waals surface area contributed by atoms with Gasteiger partial charge in [0.2, 0.25) is 0 Å². The van der Waals surface area contributed by atoms with E-state index in [1.54, 1.807) is 0 Å². The Bertz CT molecular complexity index is 217. The molecule has 0 radical (unpaired) electrons. The Hall–Kier alpha value is -0.280. The first-order valence-electron chi connectivity index (χ1n) is 5.62. The Kier molecular flexibility index (Phi) is 6.28. The molecule has 5 N–H and O–H groups in total. The van der Waals surface area contributed by atoms with Crippen LogP contribution in [-0.4, -0.2) is 77.9 Å². The molecule has 102 valence electrons. The van der Waals surface area contributed by atoms with Crippen molar-refractivity contribution in [2.45, 2.75) is 37.1 Å². The maximum Gasteiger partial charge on any atom is 0.160 e. The Morgan fingerprint density at radius 1 is 1.47 bits per heavy atom. The van der Waals surface area contributed by atoms with Crippen molar-refractivity contribution >= 4 is 0 Å². The normalized spacial score (nSPS) is 35.8. The van der Waals surface area contributed by atoms with Gasteiger partial charge in [-0.1, -0.05) is 0 Å². The fourth-order valence-corrected chi connectivity index (χ4v) is 1.69. The van der Waals surface area contributed by atoms with Crippen LogP contribution in [0.2, 0.25) is 0 Å². The molecule has 0 aromatic rings. The second kappa shape index (κ2) is 7.22. The first-order valence-corrected chi connectivity index (χ1v) is 5.62. The highest BCUT2D eigenvalue weighted by atomic mass is 16.7. The third kappa shape index (κ3) is 4.47. The molecule has 5 atom stereocenters. The monoisotopic (exact) mass is 251 g/mol. The number of hydrogen-bond donors (Lipinski definition) is 5. The van der Waals surface area contributed by atoms with E-state index in [2.05, 4.69) is 5.32 Å². The largest absolute Gasteiger partial charge is 0.394 e. The van der Waals surface area contributed by atoms with Crippen molar-refractivity contribution in [1.29, 1.82) is 0 Å². The summed E-state index contributed by atoms with van der Waals surface area (Å²) >= 11 is 0. The molecular formula is C10H21NO6. The summed E-state index contributed by atoms with van der Waals surface area (Å²) in [5, 5.41) is 39.8. The molecule has 0 aromatic carbocycles. The molecule has 0 amide bonds. The molecule has 3 unspecified atom stereocenters. The van der Waals surface area contributed by atoms with E-state index < -0.39 is 30.7 Å². The summed E-state index contributed by atoms with van der Waals surface area (Å²) in [6.07, 6.45) is -3.63. The van der Waals surface area contributed by atoms with Gasteiger partial charge in [0.15, 0.2) is 6.29 Å². The summed E-state index contributed by atoms with van der Waals surface area (Å²) in [6, 6.07) is 0. The Morgan fingerprint density at radius 3 is 2.76 bits per heavy atom. The zero-order valence-electron chi connectivity index (χ0n) is 9.82. The number of aliphatic hydroxyl groups excluding tert-OH is 4. The van der Waals surface area contributed by atoms with Crippen LogP contribution in [0.1, 0.15) is 6.42 Å². The van der Waals surface area contributed by atoms with Crippen molar-refractivity contribution in [3.8, 4) is 0 Å². The van der Waals surface area contributed by atoms with Gasteiger partial charge in [-0.3, -0.25) is 0 Å². The number of hydrogen-bond acceptors (Lipinski definition) is 7. The van der Waals surface area contributed by atoms with E-state index in [9.17, 15) is 10.2 Å². The smallest absolute Gasteiger partial charge is 0.160 e. The fraction of sp³-hybridized carbons (Fsp3) is 1.00. The molecule has 1 saturated heterocycles. The molecule has 0 aromatic heterocycles. The highest BCUT2D eigenvalue weighted by Gasteiger charge is 2.36. The van der Waals surface area contributed by atoms with Gasteiger partial charge >= 0.3 is 0 Å². The summed E-state index contributed by atoms with van der Waals surface area (Å²) in [5.41, 5.74) is 0. The quantitative estimate of drug-likeness (QED) is 0.352. The minimum absolute atomic E-state index is 0.191.